The highest BCUT2D eigenvalue weighted by atomic mass is 32.2. The molecule has 28 heavy (non-hydrogen) atoms. The highest BCUT2D eigenvalue weighted by Crippen LogP contribution is 2.25. The Hall–Kier alpha value is -1.51. The topological polar surface area (TPSA) is 82.6 Å². The minimum absolute atomic E-state index is 0.00473. The van der Waals surface area contributed by atoms with Crippen molar-refractivity contribution in [2.75, 3.05) is 26.2 Å². The molecule has 0 saturated carbocycles. The SMILES string of the molecule is CC(C)S(=O)(=O)N1CCC(N2CCC[C@@H](C(=O)NCc3ccccn3)C2)CC1. The lowest BCUT2D eigenvalue weighted by Crippen LogP contribution is -2.52. The molecule has 0 aliphatic carbocycles. The van der Waals surface area contributed by atoms with Crippen LogP contribution in [-0.2, 0) is 21.4 Å². The number of sulfonamides is 1. The number of nitrogens with one attached hydrogen (secondary N) is 1. The number of pyridine rings is 1. The molecule has 156 valence electrons. The number of amides is 1. The molecule has 1 N–H and O–H groups in total. The van der Waals surface area contributed by atoms with E-state index >= 15 is 0 Å². The van der Waals surface area contributed by atoms with Crippen LogP contribution >= 0.6 is 0 Å². The van der Waals surface area contributed by atoms with Crippen molar-refractivity contribution in [3.8, 4) is 0 Å². The van der Waals surface area contributed by atoms with Gasteiger partial charge in [-0.05, 0) is 58.2 Å². The van der Waals surface area contributed by atoms with Gasteiger partial charge in [0.25, 0.3) is 0 Å². The summed E-state index contributed by atoms with van der Waals surface area (Å²) in [4.78, 5) is 19.2. The number of rotatable bonds is 6. The van der Waals surface area contributed by atoms with Gasteiger partial charge in [0.1, 0.15) is 0 Å². The molecule has 1 atom stereocenters. The second kappa shape index (κ2) is 9.33. The van der Waals surface area contributed by atoms with Crippen LogP contribution in [0.5, 0.6) is 0 Å². The largest absolute Gasteiger partial charge is 0.350 e. The van der Waals surface area contributed by atoms with Crippen LogP contribution in [0, 0.1) is 5.92 Å². The number of carbonyl (C=O) groups is 1. The zero-order valence-corrected chi connectivity index (χ0v) is 17.7. The van der Waals surface area contributed by atoms with Gasteiger partial charge in [0.05, 0.1) is 23.4 Å². The molecule has 2 saturated heterocycles. The molecule has 2 fully saturated rings. The summed E-state index contributed by atoms with van der Waals surface area (Å²) in [5.74, 6) is 0.0880. The van der Waals surface area contributed by atoms with Crippen molar-refractivity contribution in [1.82, 2.24) is 19.5 Å². The number of hydrogen-bond donors (Lipinski definition) is 1. The lowest BCUT2D eigenvalue weighted by Gasteiger charge is -2.41. The van der Waals surface area contributed by atoms with E-state index in [9.17, 15) is 13.2 Å². The Kier molecular flexibility index (Phi) is 7.06. The first-order chi connectivity index (χ1) is 13.4. The van der Waals surface area contributed by atoms with Crippen LogP contribution in [-0.4, -0.2) is 66.0 Å². The van der Waals surface area contributed by atoms with E-state index in [0.717, 1.165) is 44.5 Å². The molecule has 2 aliphatic rings. The summed E-state index contributed by atoms with van der Waals surface area (Å²) in [6, 6.07) is 6.06. The Balaban J connectivity index is 1.49. The van der Waals surface area contributed by atoms with Crippen molar-refractivity contribution in [1.29, 1.82) is 0 Å². The first kappa shape index (κ1) is 21.2. The van der Waals surface area contributed by atoms with Crippen LogP contribution < -0.4 is 5.32 Å². The zero-order chi connectivity index (χ0) is 20.1. The normalized spacial score (nSPS) is 23.0. The van der Waals surface area contributed by atoms with E-state index in [-0.39, 0.29) is 17.1 Å². The van der Waals surface area contributed by atoms with Crippen LogP contribution in [0.2, 0.25) is 0 Å². The molecule has 1 aromatic rings. The van der Waals surface area contributed by atoms with E-state index in [0.29, 0.717) is 25.7 Å². The first-order valence-corrected chi connectivity index (χ1v) is 11.8. The highest BCUT2D eigenvalue weighted by molar-refractivity contribution is 7.89. The lowest BCUT2D eigenvalue weighted by atomic mass is 9.93. The number of likely N-dealkylation sites (tertiary alicyclic amines) is 1. The smallest absolute Gasteiger partial charge is 0.224 e. The van der Waals surface area contributed by atoms with Gasteiger partial charge in [-0.25, -0.2) is 12.7 Å². The average Bonchev–Trinajstić information content (AvgIpc) is 2.73. The fourth-order valence-corrected chi connectivity index (χ4v) is 5.45. The van der Waals surface area contributed by atoms with Gasteiger partial charge in [-0.15, -0.1) is 0 Å². The van der Waals surface area contributed by atoms with E-state index in [1.807, 2.05) is 18.2 Å². The second-order valence-electron chi connectivity index (χ2n) is 8.10. The average molecular weight is 409 g/mol. The summed E-state index contributed by atoms with van der Waals surface area (Å²) in [6.45, 7) is 6.85. The third-order valence-electron chi connectivity index (χ3n) is 5.89. The Bertz CT molecular complexity index is 746. The number of aromatic nitrogens is 1. The molecule has 2 aliphatic heterocycles. The summed E-state index contributed by atoms with van der Waals surface area (Å²) in [5, 5.41) is 2.65. The van der Waals surface area contributed by atoms with Gasteiger partial charge in [-0.2, -0.15) is 0 Å². The molecule has 3 rings (SSSR count). The molecule has 0 aromatic carbocycles. The Morgan fingerprint density at radius 1 is 1.21 bits per heavy atom. The third kappa shape index (κ3) is 5.10. The first-order valence-electron chi connectivity index (χ1n) is 10.3. The molecule has 0 spiro atoms. The van der Waals surface area contributed by atoms with Crippen molar-refractivity contribution < 1.29 is 13.2 Å². The van der Waals surface area contributed by atoms with Gasteiger partial charge in [-0.3, -0.25) is 14.7 Å². The van der Waals surface area contributed by atoms with Crippen LogP contribution in [0.1, 0.15) is 45.2 Å². The van der Waals surface area contributed by atoms with Gasteiger partial charge in [0.2, 0.25) is 15.9 Å². The minimum Gasteiger partial charge on any atom is -0.350 e. The maximum Gasteiger partial charge on any atom is 0.224 e. The lowest BCUT2D eigenvalue weighted by molar-refractivity contribution is -0.127. The van der Waals surface area contributed by atoms with E-state index in [1.165, 1.54) is 0 Å². The van der Waals surface area contributed by atoms with Gasteiger partial charge in [0, 0.05) is 31.9 Å². The second-order valence-corrected chi connectivity index (χ2v) is 10.6. The fraction of sp³-hybridized carbons (Fsp3) is 0.700. The van der Waals surface area contributed by atoms with E-state index < -0.39 is 10.0 Å². The van der Waals surface area contributed by atoms with Crippen LogP contribution in [0.3, 0.4) is 0 Å². The summed E-state index contributed by atoms with van der Waals surface area (Å²) >= 11 is 0. The highest BCUT2D eigenvalue weighted by Gasteiger charge is 2.35. The summed E-state index contributed by atoms with van der Waals surface area (Å²) in [6.07, 6.45) is 5.33. The number of hydrogen-bond acceptors (Lipinski definition) is 5. The quantitative estimate of drug-likeness (QED) is 0.773. The van der Waals surface area contributed by atoms with Gasteiger partial charge >= 0.3 is 0 Å². The van der Waals surface area contributed by atoms with Crippen molar-refractivity contribution in [3.05, 3.63) is 30.1 Å². The maximum atomic E-state index is 12.6. The van der Waals surface area contributed by atoms with Crippen LogP contribution in [0.15, 0.2) is 24.4 Å². The Labute approximate surface area is 168 Å². The number of carbonyl (C=O) groups excluding carboxylic acids is 1. The van der Waals surface area contributed by atoms with Gasteiger partial charge in [-0.1, -0.05) is 6.07 Å². The van der Waals surface area contributed by atoms with Crippen LogP contribution in [0.25, 0.3) is 0 Å². The van der Waals surface area contributed by atoms with Crippen molar-refractivity contribution in [2.24, 2.45) is 5.92 Å². The molecule has 7 nitrogen and oxygen atoms in total. The van der Waals surface area contributed by atoms with Crippen molar-refractivity contribution >= 4 is 15.9 Å². The molecule has 0 radical (unpaired) electrons. The summed E-state index contributed by atoms with van der Waals surface area (Å²) in [5.41, 5.74) is 0.863. The molecular weight excluding hydrogens is 376 g/mol. The third-order valence-corrected chi connectivity index (χ3v) is 8.17. The van der Waals surface area contributed by atoms with Crippen molar-refractivity contribution in [2.45, 2.75) is 57.4 Å². The molecular formula is C20H32N4O3S. The number of piperidine rings is 2. The molecule has 1 aromatic heterocycles. The molecule has 3 heterocycles. The maximum absolute atomic E-state index is 12.6. The van der Waals surface area contributed by atoms with Gasteiger partial charge in [0.15, 0.2) is 0 Å². The molecule has 8 heteroatoms. The number of nitrogens with zero attached hydrogens (tertiary/aromatic N) is 3. The minimum atomic E-state index is -3.17. The van der Waals surface area contributed by atoms with E-state index in [1.54, 1.807) is 24.3 Å². The van der Waals surface area contributed by atoms with Crippen LogP contribution in [0.4, 0.5) is 0 Å². The van der Waals surface area contributed by atoms with Crippen molar-refractivity contribution in [3.63, 3.8) is 0 Å². The fourth-order valence-electron chi connectivity index (χ4n) is 4.14. The molecule has 1 amide bonds. The predicted molar refractivity (Wildman–Crippen MR) is 109 cm³/mol. The summed E-state index contributed by atoms with van der Waals surface area (Å²) < 4.78 is 26.3. The molecule has 0 unspecified atom stereocenters. The zero-order valence-electron chi connectivity index (χ0n) is 16.9. The monoisotopic (exact) mass is 408 g/mol. The Morgan fingerprint density at radius 2 is 1.96 bits per heavy atom. The molecule has 0 bridgehead atoms. The van der Waals surface area contributed by atoms with E-state index in [2.05, 4.69) is 15.2 Å². The standard InChI is InChI=1S/C20H32N4O3S/c1-16(2)28(26,27)24-12-8-19(9-13-24)23-11-5-6-17(15-23)20(25)22-14-18-7-3-4-10-21-18/h3-4,7,10,16-17,19H,5-6,8-9,11-15H2,1-2H3,(H,22,25)/t17-/m1/s1. The van der Waals surface area contributed by atoms with E-state index in [4.69, 9.17) is 0 Å². The predicted octanol–water partition coefficient (Wildman–Crippen LogP) is 1.61. The summed E-state index contributed by atoms with van der Waals surface area (Å²) in [7, 11) is -3.17. The van der Waals surface area contributed by atoms with Gasteiger partial charge < -0.3 is 5.32 Å². The Morgan fingerprint density at radius 3 is 2.61 bits per heavy atom.